The fourth-order valence-electron chi connectivity index (χ4n) is 1.86. The van der Waals surface area contributed by atoms with E-state index in [9.17, 15) is 4.39 Å². The number of nitrogens with two attached hydrogens (primary N) is 1. The lowest BCUT2D eigenvalue weighted by atomic mass is 10.2. The van der Waals surface area contributed by atoms with E-state index in [2.05, 4.69) is 5.32 Å². The van der Waals surface area contributed by atoms with Crippen LogP contribution in [0.25, 0.3) is 0 Å². The number of rotatable bonds is 6. The van der Waals surface area contributed by atoms with Crippen molar-refractivity contribution < 1.29 is 13.9 Å². The maximum Gasteiger partial charge on any atom is 0.167 e. The van der Waals surface area contributed by atoms with Crippen LogP contribution in [0.15, 0.2) is 36.4 Å². The first-order chi connectivity index (χ1) is 10.1. The van der Waals surface area contributed by atoms with Gasteiger partial charge in [0.1, 0.15) is 5.75 Å². The van der Waals surface area contributed by atoms with Crippen LogP contribution >= 0.6 is 0 Å². The van der Waals surface area contributed by atoms with Crippen LogP contribution in [-0.2, 0) is 0 Å². The van der Waals surface area contributed by atoms with E-state index in [-0.39, 0.29) is 5.75 Å². The van der Waals surface area contributed by atoms with Gasteiger partial charge in [-0.05, 0) is 18.6 Å². The van der Waals surface area contributed by atoms with Gasteiger partial charge in [-0.25, -0.2) is 4.39 Å². The van der Waals surface area contributed by atoms with Crippen molar-refractivity contribution in [1.82, 2.24) is 0 Å². The quantitative estimate of drug-likeness (QED) is 0.791. The predicted molar refractivity (Wildman–Crippen MR) is 82.9 cm³/mol. The molecule has 112 valence electrons. The van der Waals surface area contributed by atoms with Crippen LogP contribution in [0.4, 0.5) is 21.5 Å². The van der Waals surface area contributed by atoms with Crippen LogP contribution in [-0.4, -0.2) is 13.7 Å². The first kappa shape index (κ1) is 15.0. The zero-order valence-corrected chi connectivity index (χ0v) is 12.2. The van der Waals surface area contributed by atoms with E-state index in [1.807, 2.05) is 31.2 Å². The summed E-state index contributed by atoms with van der Waals surface area (Å²) in [5, 5.41) is 3.14. The highest BCUT2D eigenvalue weighted by Gasteiger charge is 2.09. The molecule has 21 heavy (non-hydrogen) atoms. The van der Waals surface area contributed by atoms with Crippen LogP contribution in [0, 0.1) is 5.82 Å². The molecule has 0 radical (unpaired) electrons. The first-order valence-corrected chi connectivity index (χ1v) is 6.77. The Morgan fingerprint density at radius 3 is 2.76 bits per heavy atom. The molecule has 0 unspecified atom stereocenters. The van der Waals surface area contributed by atoms with Crippen LogP contribution in [0.3, 0.4) is 0 Å². The molecule has 2 rings (SSSR count). The van der Waals surface area contributed by atoms with Crippen molar-refractivity contribution in [1.29, 1.82) is 0 Å². The summed E-state index contributed by atoms with van der Waals surface area (Å²) in [7, 11) is 1.60. The van der Waals surface area contributed by atoms with E-state index < -0.39 is 5.82 Å². The average molecular weight is 290 g/mol. The van der Waals surface area contributed by atoms with Crippen LogP contribution < -0.4 is 20.5 Å². The van der Waals surface area contributed by atoms with Gasteiger partial charge >= 0.3 is 0 Å². The Balaban J connectivity index is 2.25. The highest BCUT2D eigenvalue weighted by atomic mass is 19.1. The number of nitrogen functional groups attached to an aromatic ring is 1. The molecule has 4 nitrogen and oxygen atoms in total. The van der Waals surface area contributed by atoms with Crippen molar-refractivity contribution in [3.05, 3.63) is 42.2 Å². The first-order valence-electron chi connectivity index (χ1n) is 6.77. The molecular weight excluding hydrogens is 271 g/mol. The summed E-state index contributed by atoms with van der Waals surface area (Å²) in [6.45, 7) is 2.42. The number of hydrogen-bond acceptors (Lipinski definition) is 4. The molecule has 0 spiro atoms. The lowest BCUT2D eigenvalue weighted by molar-refractivity contribution is 0.301. The van der Waals surface area contributed by atoms with Crippen molar-refractivity contribution in [3.63, 3.8) is 0 Å². The van der Waals surface area contributed by atoms with Gasteiger partial charge in [0, 0.05) is 23.9 Å². The van der Waals surface area contributed by atoms with Crippen molar-refractivity contribution in [2.75, 3.05) is 24.8 Å². The minimum atomic E-state index is -0.461. The number of nitrogens with one attached hydrogen (secondary N) is 1. The van der Waals surface area contributed by atoms with Gasteiger partial charge in [0.25, 0.3) is 0 Å². The number of hydrogen-bond donors (Lipinski definition) is 2. The van der Waals surface area contributed by atoms with Gasteiger partial charge in [-0.15, -0.1) is 0 Å². The SMILES string of the molecule is CCCOc1cc(Nc2cccc(OC)c2)c(N)cc1F. The second-order valence-corrected chi connectivity index (χ2v) is 4.58. The Hall–Kier alpha value is -2.43. The summed E-state index contributed by atoms with van der Waals surface area (Å²) in [6.07, 6.45) is 0.808. The molecule has 0 saturated heterocycles. The fourth-order valence-corrected chi connectivity index (χ4v) is 1.86. The topological polar surface area (TPSA) is 56.5 Å². The zero-order valence-electron chi connectivity index (χ0n) is 12.2. The Morgan fingerprint density at radius 1 is 1.24 bits per heavy atom. The lowest BCUT2D eigenvalue weighted by Gasteiger charge is -2.13. The maximum absolute atomic E-state index is 13.8. The molecule has 2 aromatic carbocycles. The molecule has 0 saturated carbocycles. The highest BCUT2D eigenvalue weighted by Crippen LogP contribution is 2.31. The summed E-state index contributed by atoms with van der Waals surface area (Å²) in [5.74, 6) is 0.455. The molecule has 0 bridgehead atoms. The molecule has 0 amide bonds. The minimum Gasteiger partial charge on any atom is -0.497 e. The molecule has 3 N–H and O–H groups in total. The zero-order chi connectivity index (χ0) is 15.2. The van der Waals surface area contributed by atoms with E-state index in [0.29, 0.717) is 18.0 Å². The van der Waals surface area contributed by atoms with Gasteiger partial charge in [0.05, 0.1) is 25.1 Å². The standard InChI is InChI=1S/C16H19FN2O2/c1-3-7-21-16-10-15(14(18)9-13(16)17)19-11-5-4-6-12(8-11)20-2/h4-6,8-10,19H,3,7,18H2,1-2H3. The van der Waals surface area contributed by atoms with Crippen molar-refractivity contribution in [3.8, 4) is 11.5 Å². The molecule has 2 aromatic rings. The largest absolute Gasteiger partial charge is 0.497 e. The van der Waals surface area contributed by atoms with E-state index in [4.69, 9.17) is 15.2 Å². The van der Waals surface area contributed by atoms with Gasteiger partial charge in [0.2, 0.25) is 0 Å². The Labute approximate surface area is 123 Å². The monoisotopic (exact) mass is 290 g/mol. The van der Waals surface area contributed by atoms with Gasteiger partial charge < -0.3 is 20.5 Å². The van der Waals surface area contributed by atoms with Crippen molar-refractivity contribution >= 4 is 17.1 Å². The van der Waals surface area contributed by atoms with E-state index in [0.717, 1.165) is 17.9 Å². The highest BCUT2D eigenvalue weighted by molar-refractivity contribution is 5.74. The maximum atomic E-state index is 13.8. The van der Waals surface area contributed by atoms with Crippen LogP contribution in [0.5, 0.6) is 11.5 Å². The van der Waals surface area contributed by atoms with E-state index >= 15 is 0 Å². The Kier molecular flexibility index (Phi) is 4.87. The van der Waals surface area contributed by atoms with Crippen LogP contribution in [0.2, 0.25) is 0 Å². The normalized spacial score (nSPS) is 10.2. The van der Waals surface area contributed by atoms with Gasteiger partial charge in [0.15, 0.2) is 11.6 Å². The lowest BCUT2D eigenvalue weighted by Crippen LogP contribution is -2.02. The molecule has 5 heteroatoms. The number of benzene rings is 2. The third kappa shape index (κ3) is 3.78. The molecule has 0 fully saturated rings. The number of methoxy groups -OCH3 is 1. The smallest absolute Gasteiger partial charge is 0.167 e. The summed E-state index contributed by atoms with van der Waals surface area (Å²) in [5.41, 5.74) is 7.56. The van der Waals surface area contributed by atoms with Crippen molar-refractivity contribution in [2.45, 2.75) is 13.3 Å². The summed E-state index contributed by atoms with van der Waals surface area (Å²) < 4.78 is 24.3. The van der Waals surface area contributed by atoms with E-state index in [1.54, 1.807) is 13.2 Å². The number of anilines is 3. The minimum absolute atomic E-state index is 0.191. The van der Waals surface area contributed by atoms with Gasteiger partial charge in [-0.2, -0.15) is 0 Å². The number of halogens is 1. The summed E-state index contributed by atoms with van der Waals surface area (Å²) in [4.78, 5) is 0. The third-order valence-corrected chi connectivity index (χ3v) is 2.91. The molecular formula is C16H19FN2O2. The third-order valence-electron chi connectivity index (χ3n) is 2.91. The number of ether oxygens (including phenoxy) is 2. The molecule has 0 heterocycles. The molecule has 0 aromatic heterocycles. The predicted octanol–water partition coefficient (Wildman–Crippen LogP) is 3.95. The molecule has 0 aliphatic heterocycles. The average Bonchev–Trinajstić information content (AvgIpc) is 2.49. The Morgan fingerprint density at radius 2 is 2.05 bits per heavy atom. The summed E-state index contributed by atoms with van der Waals surface area (Å²) in [6, 6.07) is 10.2. The molecule has 0 aliphatic carbocycles. The van der Waals surface area contributed by atoms with Gasteiger partial charge in [-0.3, -0.25) is 0 Å². The van der Waals surface area contributed by atoms with Crippen LogP contribution in [0.1, 0.15) is 13.3 Å². The van der Waals surface area contributed by atoms with Gasteiger partial charge in [-0.1, -0.05) is 13.0 Å². The molecule has 0 aliphatic rings. The van der Waals surface area contributed by atoms with Crippen molar-refractivity contribution in [2.24, 2.45) is 0 Å². The second kappa shape index (κ2) is 6.83. The Bertz CT molecular complexity index is 617. The summed E-state index contributed by atoms with van der Waals surface area (Å²) >= 11 is 0. The fraction of sp³-hybridized carbons (Fsp3) is 0.250. The second-order valence-electron chi connectivity index (χ2n) is 4.58. The molecule has 0 atom stereocenters. The van der Waals surface area contributed by atoms with E-state index in [1.165, 1.54) is 6.07 Å².